The van der Waals surface area contributed by atoms with Crippen LogP contribution in [-0.2, 0) is 6.54 Å². The van der Waals surface area contributed by atoms with Gasteiger partial charge in [0.15, 0.2) is 0 Å². The zero-order valence-corrected chi connectivity index (χ0v) is 13.5. The normalized spacial score (nSPS) is 23.4. The molecule has 2 fully saturated rings. The van der Waals surface area contributed by atoms with Crippen LogP contribution < -0.4 is 0 Å². The van der Waals surface area contributed by atoms with Gasteiger partial charge >= 0.3 is 0 Å². The second-order valence-electron chi connectivity index (χ2n) is 6.65. The summed E-state index contributed by atoms with van der Waals surface area (Å²) in [5, 5.41) is 4.13. The minimum Gasteiger partial charge on any atom is -0.338 e. The van der Waals surface area contributed by atoms with Crippen LogP contribution in [0.4, 0.5) is 0 Å². The van der Waals surface area contributed by atoms with Gasteiger partial charge in [0.05, 0.1) is 6.54 Å². The van der Waals surface area contributed by atoms with Crippen molar-refractivity contribution in [3.63, 3.8) is 0 Å². The Kier molecular flexibility index (Phi) is 4.39. The summed E-state index contributed by atoms with van der Waals surface area (Å²) in [5.74, 6) is 1.42. The van der Waals surface area contributed by atoms with Crippen LogP contribution in [-0.4, -0.2) is 52.2 Å². The molecule has 4 rings (SSSR count). The van der Waals surface area contributed by atoms with Gasteiger partial charge in [-0.1, -0.05) is 35.5 Å². The molecule has 2 aliphatic rings. The maximum atomic E-state index is 5.47. The lowest BCUT2D eigenvalue weighted by Gasteiger charge is -2.36. The number of hydrogen-bond acceptors (Lipinski definition) is 5. The van der Waals surface area contributed by atoms with Crippen molar-refractivity contribution in [3.05, 3.63) is 36.2 Å². The van der Waals surface area contributed by atoms with E-state index in [-0.39, 0.29) is 0 Å². The second kappa shape index (κ2) is 6.81. The summed E-state index contributed by atoms with van der Waals surface area (Å²) >= 11 is 0. The van der Waals surface area contributed by atoms with E-state index in [1.807, 2.05) is 30.3 Å². The highest BCUT2D eigenvalue weighted by molar-refractivity contribution is 5.53. The van der Waals surface area contributed by atoms with Crippen molar-refractivity contribution >= 4 is 0 Å². The van der Waals surface area contributed by atoms with Gasteiger partial charge in [-0.3, -0.25) is 9.80 Å². The molecule has 23 heavy (non-hydrogen) atoms. The van der Waals surface area contributed by atoms with E-state index in [1.54, 1.807) is 0 Å². The summed E-state index contributed by atoms with van der Waals surface area (Å²) < 4.78 is 5.47. The summed E-state index contributed by atoms with van der Waals surface area (Å²) in [5.41, 5.74) is 1.01. The monoisotopic (exact) mass is 312 g/mol. The summed E-state index contributed by atoms with van der Waals surface area (Å²) in [6.07, 6.45) is 5.32. The van der Waals surface area contributed by atoms with Gasteiger partial charge in [0.1, 0.15) is 0 Å². The summed E-state index contributed by atoms with van der Waals surface area (Å²) in [6.45, 7) is 5.58. The van der Waals surface area contributed by atoms with Gasteiger partial charge < -0.3 is 4.52 Å². The highest BCUT2D eigenvalue weighted by atomic mass is 16.5. The summed E-state index contributed by atoms with van der Waals surface area (Å²) in [6, 6.07) is 10.7. The maximum Gasteiger partial charge on any atom is 0.241 e. The molecular weight excluding hydrogens is 288 g/mol. The van der Waals surface area contributed by atoms with Gasteiger partial charge in [-0.2, -0.15) is 4.98 Å². The molecule has 0 saturated carbocycles. The number of rotatable bonds is 4. The minimum absolute atomic E-state index is 0.689. The minimum atomic E-state index is 0.689. The zero-order chi connectivity index (χ0) is 15.5. The second-order valence-corrected chi connectivity index (χ2v) is 6.65. The van der Waals surface area contributed by atoms with E-state index in [4.69, 9.17) is 4.52 Å². The molecule has 2 aromatic rings. The average Bonchev–Trinajstić information content (AvgIpc) is 3.28. The smallest absolute Gasteiger partial charge is 0.241 e. The fraction of sp³-hybridized carbons (Fsp3) is 0.556. The Hall–Kier alpha value is -1.72. The van der Waals surface area contributed by atoms with Gasteiger partial charge in [0.25, 0.3) is 0 Å². The number of nitrogens with zero attached hydrogens (tertiary/aromatic N) is 4. The highest BCUT2D eigenvalue weighted by Crippen LogP contribution is 2.22. The van der Waals surface area contributed by atoms with E-state index < -0.39 is 0 Å². The molecule has 0 bridgehead atoms. The average molecular weight is 312 g/mol. The molecule has 0 radical (unpaired) electrons. The molecule has 0 amide bonds. The molecule has 0 aliphatic carbocycles. The van der Waals surface area contributed by atoms with Crippen molar-refractivity contribution in [1.82, 2.24) is 19.9 Å². The third kappa shape index (κ3) is 3.46. The predicted octanol–water partition coefficient (Wildman–Crippen LogP) is 2.80. The van der Waals surface area contributed by atoms with Crippen molar-refractivity contribution < 1.29 is 4.52 Å². The van der Waals surface area contributed by atoms with Gasteiger partial charge in [0, 0.05) is 18.2 Å². The fourth-order valence-corrected chi connectivity index (χ4v) is 3.79. The number of aromatic nitrogens is 2. The predicted molar refractivity (Wildman–Crippen MR) is 88.8 cm³/mol. The lowest BCUT2D eigenvalue weighted by Crippen LogP contribution is -2.46. The number of likely N-dealkylation sites (tertiary alicyclic amines) is 2. The largest absolute Gasteiger partial charge is 0.338 e. The van der Waals surface area contributed by atoms with Crippen molar-refractivity contribution in [3.8, 4) is 11.4 Å². The molecule has 0 unspecified atom stereocenters. The lowest BCUT2D eigenvalue weighted by molar-refractivity contribution is 0.102. The van der Waals surface area contributed by atoms with E-state index in [2.05, 4.69) is 19.9 Å². The Balaban J connectivity index is 1.39. The van der Waals surface area contributed by atoms with Crippen LogP contribution in [0.25, 0.3) is 11.4 Å². The van der Waals surface area contributed by atoms with Crippen molar-refractivity contribution in [2.75, 3.05) is 26.2 Å². The van der Waals surface area contributed by atoms with E-state index in [9.17, 15) is 0 Å². The summed E-state index contributed by atoms with van der Waals surface area (Å²) in [7, 11) is 0. The first kappa shape index (κ1) is 14.8. The first-order valence-electron chi connectivity index (χ1n) is 8.73. The molecule has 1 atom stereocenters. The van der Waals surface area contributed by atoms with Crippen molar-refractivity contribution in [1.29, 1.82) is 0 Å². The quantitative estimate of drug-likeness (QED) is 0.868. The molecular formula is C18H24N4O. The molecule has 5 nitrogen and oxygen atoms in total. The lowest BCUT2D eigenvalue weighted by atomic mass is 10.0. The SMILES string of the molecule is c1ccc(-c2noc(CN3CCC[C@@H](N4CCCC4)C3)n2)cc1. The molecule has 0 spiro atoms. The van der Waals surface area contributed by atoms with Gasteiger partial charge in [-0.15, -0.1) is 0 Å². The third-order valence-corrected chi connectivity index (χ3v) is 5.00. The molecule has 1 aromatic carbocycles. The van der Waals surface area contributed by atoms with E-state index in [0.717, 1.165) is 31.1 Å². The first-order valence-corrected chi connectivity index (χ1v) is 8.73. The maximum absolute atomic E-state index is 5.47. The molecule has 2 aliphatic heterocycles. The van der Waals surface area contributed by atoms with Crippen LogP contribution in [0.2, 0.25) is 0 Å². The molecule has 3 heterocycles. The first-order chi connectivity index (χ1) is 11.4. The Bertz CT molecular complexity index is 621. The van der Waals surface area contributed by atoms with Crippen LogP contribution >= 0.6 is 0 Å². The van der Waals surface area contributed by atoms with Crippen molar-refractivity contribution in [2.24, 2.45) is 0 Å². The Morgan fingerprint density at radius 2 is 1.87 bits per heavy atom. The van der Waals surface area contributed by atoms with Crippen LogP contribution in [0, 0.1) is 0 Å². The number of piperidine rings is 1. The molecule has 5 heteroatoms. The van der Waals surface area contributed by atoms with Crippen LogP contribution in [0.15, 0.2) is 34.9 Å². The Labute approximate surface area is 137 Å². The van der Waals surface area contributed by atoms with Gasteiger partial charge in [-0.05, 0) is 45.3 Å². The molecule has 1 aromatic heterocycles. The molecule has 0 N–H and O–H groups in total. The fourth-order valence-electron chi connectivity index (χ4n) is 3.79. The van der Waals surface area contributed by atoms with Crippen LogP contribution in [0.3, 0.4) is 0 Å². The van der Waals surface area contributed by atoms with Crippen LogP contribution in [0.5, 0.6) is 0 Å². The topological polar surface area (TPSA) is 45.4 Å². The van der Waals surface area contributed by atoms with E-state index >= 15 is 0 Å². The molecule has 2 saturated heterocycles. The third-order valence-electron chi connectivity index (χ3n) is 5.00. The number of hydrogen-bond donors (Lipinski definition) is 0. The zero-order valence-electron chi connectivity index (χ0n) is 13.5. The summed E-state index contributed by atoms with van der Waals surface area (Å²) in [4.78, 5) is 9.69. The van der Waals surface area contributed by atoms with E-state index in [1.165, 1.54) is 38.8 Å². The number of benzene rings is 1. The van der Waals surface area contributed by atoms with Crippen LogP contribution in [0.1, 0.15) is 31.6 Å². The molecule has 122 valence electrons. The Morgan fingerprint density at radius 3 is 2.70 bits per heavy atom. The Morgan fingerprint density at radius 1 is 1.04 bits per heavy atom. The standard InChI is InChI=1S/C18H24N4O/c1-2-7-15(8-3-1)18-19-17(23-20-18)14-21-10-6-9-16(13-21)22-11-4-5-12-22/h1-3,7-8,16H,4-6,9-14H2/t16-/m1/s1. The van der Waals surface area contributed by atoms with Gasteiger partial charge in [0.2, 0.25) is 11.7 Å². The van der Waals surface area contributed by atoms with E-state index in [0.29, 0.717) is 11.9 Å². The highest BCUT2D eigenvalue weighted by Gasteiger charge is 2.27. The van der Waals surface area contributed by atoms with Crippen molar-refractivity contribution in [2.45, 2.75) is 38.3 Å². The van der Waals surface area contributed by atoms with Gasteiger partial charge in [-0.25, -0.2) is 0 Å².